The maximum atomic E-state index is 13.3. The van der Waals surface area contributed by atoms with Crippen molar-refractivity contribution >= 4 is 34.0 Å². The molecule has 1 unspecified atom stereocenters. The molecular weight excluding hydrogens is 309 g/mol. The molecule has 0 saturated heterocycles. The minimum Gasteiger partial charge on any atom is -0.326 e. The molecule has 3 nitrogen and oxygen atoms in total. The summed E-state index contributed by atoms with van der Waals surface area (Å²) in [5, 5.41) is 2.91. The average molecular weight is 324 g/mol. The first-order chi connectivity index (χ1) is 10.0. The molecule has 0 aliphatic rings. The van der Waals surface area contributed by atoms with Gasteiger partial charge in [-0.2, -0.15) is 0 Å². The lowest BCUT2D eigenvalue weighted by Crippen LogP contribution is -2.07. The molecule has 110 valence electrons. The van der Waals surface area contributed by atoms with Crippen molar-refractivity contribution in [2.24, 2.45) is 0 Å². The first-order valence-electron chi connectivity index (χ1n) is 6.75. The second-order valence-corrected chi connectivity index (χ2v) is 6.70. The van der Waals surface area contributed by atoms with Crippen LogP contribution in [-0.2, 0) is 13.0 Å². The lowest BCUT2D eigenvalue weighted by atomic mass is 10.3. The standard InChI is InChI=1S/C15H15ClFN3S/c1-9(16)15-19-13-7-11(17)3-4-14(13)20(15)6-5-12-8-21-10(2)18-12/h3-4,7-9H,5-6H2,1-2H3. The van der Waals surface area contributed by atoms with Crippen LogP contribution >= 0.6 is 22.9 Å². The number of rotatable bonds is 4. The van der Waals surface area contributed by atoms with E-state index in [2.05, 4.69) is 19.9 Å². The van der Waals surface area contributed by atoms with Gasteiger partial charge in [-0.1, -0.05) is 0 Å². The highest BCUT2D eigenvalue weighted by molar-refractivity contribution is 7.09. The monoisotopic (exact) mass is 323 g/mol. The van der Waals surface area contributed by atoms with Gasteiger partial charge in [0.15, 0.2) is 0 Å². The highest BCUT2D eigenvalue weighted by Gasteiger charge is 2.15. The van der Waals surface area contributed by atoms with Crippen molar-refractivity contribution in [2.75, 3.05) is 0 Å². The Labute approximate surface area is 131 Å². The lowest BCUT2D eigenvalue weighted by Gasteiger charge is -2.09. The number of hydrogen-bond donors (Lipinski definition) is 0. The van der Waals surface area contributed by atoms with Gasteiger partial charge in [-0.25, -0.2) is 14.4 Å². The zero-order valence-corrected chi connectivity index (χ0v) is 13.4. The molecule has 0 spiro atoms. The van der Waals surface area contributed by atoms with E-state index in [0.717, 1.165) is 35.0 Å². The van der Waals surface area contributed by atoms with Crippen LogP contribution in [0.3, 0.4) is 0 Å². The first kappa shape index (κ1) is 14.5. The number of benzene rings is 1. The van der Waals surface area contributed by atoms with Gasteiger partial charge in [-0.05, 0) is 26.0 Å². The zero-order valence-electron chi connectivity index (χ0n) is 11.8. The third-order valence-corrected chi connectivity index (χ3v) is 4.37. The summed E-state index contributed by atoms with van der Waals surface area (Å²) < 4.78 is 15.4. The molecule has 21 heavy (non-hydrogen) atoms. The molecule has 0 saturated carbocycles. The van der Waals surface area contributed by atoms with Gasteiger partial charge < -0.3 is 4.57 Å². The smallest absolute Gasteiger partial charge is 0.127 e. The summed E-state index contributed by atoms with van der Waals surface area (Å²) in [6, 6.07) is 4.66. The van der Waals surface area contributed by atoms with Crippen LogP contribution in [0.25, 0.3) is 11.0 Å². The van der Waals surface area contributed by atoms with E-state index in [1.54, 1.807) is 17.4 Å². The molecule has 0 bridgehead atoms. The number of aryl methyl sites for hydroxylation is 3. The fourth-order valence-electron chi connectivity index (χ4n) is 2.41. The van der Waals surface area contributed by atoms with E-state index in [0.29, 0.717) is 5.52 Å². The van der Waals surface area contributed by atoms with Crippen LogP contribution in [0.5, 0.6) is 0 Å². The Balaban J connectivity index is 1.97. The highest BCUT2D eigenvalue weighted by Crippen LogP contribution is 2.25. The first-order valence-corrected chi connectivity index (χ1v) is 8.07. The number of imidazole rings is 1. The summed E-state index contributed by atoms with van der Waals surface area (Å²) in [5.74, 6) is 0.486. The third-order valence-electron chi connectivity index (χ3n) is 3.35. The summed E-state index contributed by atoms with van der Waals surface area (Å²) in [5.41, 5.74) is 2.62. The van der Waals surface area contributed by atoms with Gasteiger partial charge in [0.1, 0.15) is 11.6 Å². The van der Waals surface area contributed by atoms with E-state index in [1.807, 2.05) is 13.8 Å². The predicted octanol–water partition coefficient (Wildman–Crippen LogP) is 4.48. The largest absolute Gasteiger partial charge is 0.326 e. The molecule has 1 atom stereocenters. The van der Waals surface area contributed by atoms with E-state index in [9.17, 15) is 4.39 Å². The molecule has 0 N–H and O–H groups in total. The summed E-state index contributed by atoms with van der Waals surface area (Å²) in [4.78, 5) is 8.93. The van der Waals surface area contributed by atoms with Crippen LogP contribution < -0.4 is 0 Å². The van der Waals surface area contributed by atoms with Crippen molar-refractivity contribution in [3.63, 3.8) is 0 Å². The van der Waals surface area contributed by atoms with Crippen molar-refractivity contribution in [2.45, 2.75) is 32.2 Å². The Morgan fingerprint density at radius 3 is 2.86 bits per heavy atom. The van der Waals surface area contributed by atoms with Gasteiger partial charge in [0.25, 0.3) is 0 Å². The Bertz CT molecular complexity index is 778. The molecule has 3 aromatic rings. The van der Waals surface area contributed by atoms with Crippen LogP contribution in [-0.4, -0.2) is 14.5 Å². The summed E-state index contributed by atoms with van der Waals surface area (Å²) in [6.07, 6.45) is 0.809. The van der Waals surface area contributed by atoms with Gasteiger partial charge >= 0.3 is 0 Å². The van der Waals surface area contributed by atoms with Crippen molar-refractivity contribution in [1.82, 2.24) is 14.5 Å². The van der Waals surface area contributed by atoms with Crippen LogP contribution in [0, 0.1) is 12.7 Å². The van der Waals surface area contributed by atoms with Gasteiger partial charge in [0.2, 0.25) is 0 Å². The number of hydrogen-bond acceptors (Lipinski definition) is 3. The van der Waals surface area contributed by atoms with Crippen LogP contribution in [0.1, 0.15) is 28.8 Å². The second-order valence-electron chi connectivity index (χ2n) is 4.98. The van der Waals surface area contributed by atoms with Crippen LogP contribution in [0.2, 0.25) is 0 Å². The van der Waals surface area contributed by atoms with Gasteiger partial charge in [-0.3, -0.25) is 0 Å². The Morgan fingerprint density at radius 2 is 2.19 bits per heavy atom. The maximum absolute atomic E-state index is 13.3. The normalized spacial score (nSPS) is 13.0. The molecule has 6 heteroatoms. The van der Waals surface area contributed by atoms with E-state index in [-0.39, 0.29) is 11.2 Å². The van der Waals surface area contributed by atoms with E-state index in [4.69, 9.17) is 11.6 Å². The van der Waals surface area contributed by atoms with Gasteiger partial charge in [-0.15, -0.1) is 22.9 Å². The van der Waals surface area contributed by atoms with Gasteiger partial charge in [0, 0.05) is 24.4 Å². The number of fused-ring (bicyclic) bond motifs is 1. The fourth-order valence-corrected chi connectivity index (χ4v) is 3.22. The number of aromatic nitrogens is 3. The summed E-state index contributed by atoms with van der Waals surface area (Å²) in [7, 11) is 0. The topological polar surface area (TPSA) is 30.7 Å². The number of alkyl halides is 1. The Hall–Kier alpha value is -1.46. The average Bonchev–Trinajstić information content (AvgIpc) is 2.99. The lowest BCUT2D eigenvalue weighted by molar-refractivity contribution is 0.629. The van der Waals surface area contributed by atoms with E-state index < -0.39 is 0 Å². The van der Waals surface area contributed by atoms with E-state index in [1.165, 1.54) is 12.1 Å². The molecule has 0 radical (unpaired) electrons. The third kappa shape index (κ3) is 2.94. The molecule has 2 heterocycles. The molecule has 2 aromatic heterocycles. The number of nitrogens with zero attached hydrogens (tertiary/aromatic N) is 3. The summed E-state index contributed by atoms with van der Waals surface area (Å²) in [6.45, 7) is 4.61. The molecule has 0 aliphatic carbocycles. The minimum absolute atomic E-state index is 0.224. The van der Waals surface area contributed by atoms with Gasteiger partial charge in [0.05, 0.1) is 27.1 Å². The SMILES string of the molecule is Cc1nc(CCn2c(C(C)Cl)nc3cc(F)ccc32)cs1. The summed E-state index contributed by atoms with van der Waals surface area (Å²) >= 11 is 7.86. The minimum atomic E-state index is -0.281. The van der Waals surface area contributed by atoms with Crippen LogP contribution in [0.15, 0.2) is 23.6 Å². The highest BCUT2D eigenvalue weighted by atomic mass is 35.5. The number of thiazole rings is 1. The van der Waals surface area contributed by atoms with E-state index >= 15 is 0 Å². The molecular formula is C15H15ClFN3S. The second kappa shape index (κ2) is 5.73. The van der Waals surface area contributed by atoms with Crippen molar-refractivity contribution in [3.8, 4) is 0 Å². The molecule has 1 aromatic carbocycles. The maximum Gasteiger partial charge on any atom is 0.127 e. The van der Waals surface area contributed by atoms with Crippen molar-refractivity contribution in [3.05, 3.63) is 45.9 Å². The molecule has 0 aliphatic heterocycles. The van der Waals surface area contributed by atoms with Crippen molar-refractivity contribution in [1.29, 1.82) is 0 Å². The zero-order chi connectivity index (χ0) is 15.0. The predicted molar refractivity (Wildman–Crippen MR) is 84.5 cm³/mol. The molecule has 0 fully saturated rings. The number of halogens is 2. The Morgan fingerprint density at radius 1 is 1.38 bits per heavy atom. The Kier molecular flexibility index (Phi) is 3.95. The molecule has 3 rings (SSSR count). The quantitative estimate of drug-likeness (QED) is 0.663. The fraction of sp³-hybridized carbons (Fsp3) is 0.333. The van der Waals surface area contributed by atoms with Crippen LogP contribution in [0.4, 0.5) is 4.39 Å². The molecule has 0 amide bonds. The van der Waals surface area contributed by atoms with Crippen molar-refractivity contribution < 1.29 is 4.39 Å².